The molecule has 0 spiro atoms. The number of carbonyl (C=O) groups is 1. The molecular formula is C14H18F3N3O. The van der Waals surface area contributed by atoms with Crippen molar-refractivity contribution in [1.82, 2.24) is 10.2 Å². The number of alkyl halides is 3. The van der Waals surface area contributed by atoms with Gasteiger partial charge in [-0.1, -0.05) is 30.3 Å². The van der Waals surface area contributed by atoms with Gasteiger partial charge in [-0.2, -0.15) is 13.2 Å². The number of primary amides is 1. The van der Waals surface area contributed by atoms with Gasteiger partial charge >= 0.3 is 12.2 Å². The molecule has 0 radical (unpaired) electrons. The molecule has 1 heterocycles. The molecule has 0 saturated carbocycles. The number of urea groups is 1. The topological polar surface area (TPSA) is 58.4 Å². The van der Waals surface area contributed by atoms with Gasteiger partial charge in [-0.15, -0.1) is 0 Å². The van der Waals surface area contributed by atoms with Crippen molar-refractivity contribution in [3.05, 3.63) is 35.9 Å². The van der Waals surface area contributed by atoms with Crippen LogP contribution in [0.4, 0.5) is 18.0 Å². The van der Waals surface area contributed by atoms with Crippen molar-refractivity contribution in [1.29, 1.82) is 0 Å². The molecule has 1 saturated heterocycles. The highest BCUT2D eigenvalue weighted by Gasteiger charge is 2.33. The first-order chi connectivity index (χ1) is 9.85. The molecule has 0 aliphatic carbocycles. The molecule has 2 atom stereocenters. The number of carbonyl (C=O) groups excluding carboxylic acids is 1. The molecule has 1 aromatic rings. The van der Waals surface area contributed by atoms with E-state index in [1.165, 1.54) is 4.90 Å². The van der Waals surface area contributed by atoms with Crippen LogP contribution in [0.1, 0.15) is 17.9 Å². The third-order valence-electron chi connectivity index (χ3n) is 3.62. The van der Waals surface area contributed by atoms with Crippen molar-refractivity contribution in [3.63, 3.8) is 0 Å². The van der Waals surface area contributed by atoms with Crippen LogP contribution in [0.5, 0.6) is 0 Å². The molecule has 1 aromatic carbocycles. The van der Waals surface area contributed by atoms with Gasteiger partial charge in [-0.3, -0.25) is 0 Å². The number of halogens is 3. The normalized spacial score (nSPS) is 23.1. The highest BCUT2D eigenvalue weighted by Crippen LogP contribution is 2.27. The molecule has 2 amide bonds. The summed E-state index contributed by atoms with van der Waals surface area (Å²) >= 11 is 0. The Kier molecular flexibility index (Phi) is 4.72. The molecule has 2 rings (SSSR count). The quantitative estimate of drug-likeness (QED) is 0.898. The largest absolute Gasteiger partial charge is 0.401 e. The lowest BCUT2D eigenvalue weighted by Gasteiger charge is -2.37. The average Bonchev–Trinajstić information content (AvgIpc) is 2.45. The molecule has 0 bridgehead atoms. The van der Waals surface area contributed by atoms with E-state index >= 15 is 0 Å². The zero-order valence-electron chi connectivity index (χ0n) is 11.4. The van der Waals surface area contributed by atoms with E-state index in [0.717, 1.165) is 5.56 Å². The monoisotopic (exact) mass is 301 g/mol. The maximum atomic E-state index is 12.3. The molecular weight excluding hydrogens is 283 g/mol. The molecule has 1 fully saturated rings. The summed E-state index contributed by atoms with van der Waals surface area (Å²) in [5.41, 5.74) is 6.29. The van der Waals surface area contributed by atoms with Gasteiger partial charge in [0.05, 0.1) is 6.54 Å². The Morgan fingerprint density at radius 2 is 1.95 bits per heavy atom. The Balaban J connectivity index is 2.07. The third-order valence-corrected chi connectivity index (χ3v) is 3.62. The van der Waals surface area contributed by atoms with E-state index in [1.807, 2.05) is 30.3 Å². The number of benzene rings is 1. The number of hydrogen-bond donors (Lipinski definition) is 2. The van der Waals surface area contributed by atoms with E-state index < -0.39 is 24.8 Å². The zero-order chi connectivity index (χ0) is 15.5. The Hall–Kier alpha value is -1.76. The van der Waals surface area contributed by atoms with Gasteiger partial charge in [-0.25, -0.2) is 4.79 Å². The van der Waals surface area contributed by atoms with Crippen LogP contribution >= 0.6 is 0 Å². The first-order valence-electron chi connectivity index (χ1n) is 6.74. The van der Waals surface area contributed by atoms with Crippen LogP contribution in [-0.4, -0.2) is 42.8 Å². The molecule has 7 heteroatoms. The van der Waals surface area contributed by atoms with Crippen molar-refractivity contribution >= 4 is 6.03 Å². The molecule has 4 nitrogen and oxygen atoms in total. The SMILES string of the molecule is NC(=O)N1CC(NCC(F)(F)F)CC(c2ccccc2)C1. The van der Waals surface area contributed by atoms with Crippen molar-refractivity contribution in [2.24, 2.45) is 5.73 Å². The average molecular weight is 301 g/mol. The molecule has 0 aromatic heterocycles. The Morgan fingerprint density at radius 3 is 2.52 bits per heavy atom. The predicted molar refractivity (Wildman–Crippen MR) is 72.8 cm³/mol. The van der Waals surface area contributed by atoms with Gasteiger partial charge in [0.2, 0.25) is 0 Å². The number of rotatable bonds is 3. The first kappa shape index (κ1) is 15.6. The lowest BCUT2D eigenvalue weighted by molar-refractivity contribution is -0.126. The third kappa shape index (κ3) is 4.63. The van der Waals surface area contributed by atoms with E-state index in [9.17, 15) is 18.0 Å². The summed E-state index contributed by atoms with van der Waals surface area (Å²) in [6, 6.07) is 8.42. The lowest BCUT2D eigenvalue weighted by atomic mass is 9.88. The number of nitrogens with zero attached hydrogens (tertiary/aromatic N) is 1. The second-order valence-electron chi connectivity index (χ2n) is 5.28. The Bertz CT molecular complexity index is 478. The molecule has 116 valence electrons. The standard InChI is InChI=1S/C14H18F3N3O/c15-14(16,17)9-19-12-6-11(7-20(8-12)13(18)21)10-4-2-1-3-5-10/h1-5,11-12,19H,6-9H2,(H2,18,21). The van der Waals surface area contributed by atoms with Crippen molar-refractivity contribution in [2.75, 3.05) is 19.6 Å². The van der Waals surface area contributed by atoms with Crippen LogP contribution in [-0.2, 0) is 0 Å². The van der Waals surface area contributed by atoms with Crippen LogP contribution in [0.2, 0.25) is 0 Å². The number of nitrogens with one attached hydrogen (secondary N) is 1. The van der Waals surface area contributed by atoms with Gasteiger partial charge in [0, 0.05) is 25.0 Å². The second kappa shape index (κ2) is 6.34. The molecule has 3 N–H and O–H groups in total. The second-order valence-corrected chi connectivity index (χ2v) is 5.28. The summed E-state index contributed by atoms with van der Waals surface area (Å²) < 4.78 is 37.0. The minimum atomic E-state index is -4.27. The fraction of sp³-hybridized carbons (Fsp3) is 0.500. The van der Waals surface area contributed by atoms with Crippen molar-refractivity contribution in [3.8, 4) is 0 Å². The van der Waals surface area contributed by atoms with Crippen molar-refractivity contribution in [2.45, 2.75) is 24.6 Å². The maximum absolute atomic E-state index is 12.3. The van der Waals surface area contributed by atoms with Gasteiger partial charge in [-0.05, 0) is 12.0 Å². The van der Waals surface area contributed by atoms with Gasteiger partial charge in [0.15, 0.2) is 0 Å². The Labute approximate surface area is 121 Å². The van der Waals surface area contributed by atoms with E-state index in [2.05, 4.69) is 5.32 Å². The number of nitrogens with two attached hydrogens (primary N) is 1. The predicted octanol–water partition coefficient (Wildman–Crippen LogP) is 2.08. The van der Waals surface area contributed by atoms with Gasteiger partial charge in [0.25, 0.3) is 0 Å². The number of likely N-dealkylation sites (tertiary alicyclic amines) is 1. The minimum Gasteiger partial charge on any atom is -0.351 e. The summed E-state index contributed by atoms with van der Waals surface area (Å²) in [5.74, 6) is -0.0156. The number of amides is 2. The lowest BCUT2D eigenvalue weighted by Crippen LogP contribution is -2.53. The number of hydrogen-bond acceptors (Lipinski definition) is 2. The Morgan fingerprint density at radius 1 is 1.29 bits per heavy atom. The minimum absolute atomic E-state index is 0.0156. The summed E-state index contributed by atoms with van der Waals surface area (Å²) in [4.78, 5) is 12.8. The summed E-state index contributed by atoms with van der Waals surface area (Å²) in [6.07, 6.45) is -3.72. The summed E-state index contributed by atoms with van der Waals surface area (Å²) in [5, 5.41) is 2.47. The van der Waals surface area contributed by atoms with E-state index in [1.54, 1.807) is 0 Å². The van der Waals surface area contributed by atoms with Crippen LogP contribution in [0.3, 0.4) is 0 Å². The zero-order valence-corrected chi connectivity index (χ0v) is 11.4. The molecule has 2 unspecified atom stereocenters. The van der Waals surface area contributed by atoms with Gasteiger partial charge < -0.3 is 16.0 Å². The van der Waals surface area contributed by atoms with Crippen molar-refractivity contribution < 1.29 is 18.0 Å². The fourth-order valence-electron chi connectivity index (χ4n) is 2.65. The van der Waals surface area contributed by atoms with Crippen LogP contribution in [0, 0.1) is 0 Å². The maximum Gasteiger partial charge on any atom is 0.401 e. The molecule has 1 aliphatic heterocycles. The highest BCUT2D eigenvalue weighted by atomic mass is 19.4. The smallest absolute Gasteiger partial charge is 0.351 e. The van der Waals surface area contributed by atoms with E-state index in [-0.39, 0.29) is 12.5 Å². The fourth-order valence-corrected chi connectivity index (χ4v) is 2.65. The van der Waals surface area contributed by atoms with Gasteiger partial charge in [0.1, 0.15) is 0 Å². The highest BCUT2D eigenvalue weighted by molar-refractivity contribution is 5.72. The van der Waals surface area contributed by atoms with Crippen LogP contribution in [0.25, 0.3) is 0 Å². The number of piperidine rings is 1. The molecule has 1 aliphatic rings. The summed E-state index contributed by atoms with van der Waals surface area (Å²) in [6.45, 7) is -0.427. The molecule has 21 heavy (non-hydrogen) atoms. The first-order valence-corrected chi connectivity index (χ1v) is 6.74. The van der Waals surface area contributed by atoms with Crippen LogP contribution < -0.4 is 11.1 Å². The summed E-state index contributed by atoms with van der Waals surface area (Å²) in [7, 11) is 0. The van der Waals surface area contributed by atoms with E-state index in [4.69, 9.17) is 5.73 Å². The van der Waals surface area contributed by atoms with E-state index in [0.29, 0.717) is 13.0 Å². The van der Waals surface area contributed by atoms with Crippen LogP contribution in [0.15, 0.2) is 30.3 Å².